The second-order valence-electron chi connectivity index (χ2n) is 5.09. The predicted molar refractivity (Wildman–Crippen MR) is 96.5 cm³/mol. The molecule has 0 aliphatic carbocycles. The summed E-state index contributed by atoms with van der Waals surface area (Å²) >= 11 is 7.48. The number of halogens is 1. The Morgan fingerprint density at radius 2 is 2.04 bits per heavy atom. The largest absolute Gasteiger partial charge is 0.355 e. The van der Waals surface area contributed by atoms with Gasteiger partial charge in [-0.15, -0.1) is 11.8 Å². The minimum atomic E-state index is -3.18. The van der Waals surface area contributed by atoms with Gasteiger partial charge in [0.05, 0.1) is 16.5 Å². The third kappa shape index (κ3) is 7.12. The van der Waals surface area contributed by atoms with Crippen molar-refractivity contribution in [2.24, 2.45) is 0 Å². The fraction of sp³-hybridized carbons (Fsp3) is 0.533. The van der Waals surface area contributed by atoms with Gasteiger partial charge in [-0.3, -0.25) is 4.79 Å². The normalized spacial score (nSPS) is 13.1. The maximum atomic E-state index is 12.1. The summed E-state index contributed by atoms with van der Waals surface area (Å²) in [4.78, 5) is 12.9. The Kier molecular flexibility index (Phi) is 8.39. The van der Waals surface area contributed by atoms with Gasteiger partial charge < -0.3 is 5.32 Å². The number of sulfonamides is 1. The molecule has 8 heteroatoms. The smallest absolute Gasteiger partial charge is 0.233 e. The van der Waals surface area contributed by atoms with Crippen LogP contribution in [-0.2, 0) is 14.8 Å². The summed E-state index contributed by atoms with van der Waals surface area (Å²) in [5.41, 5.74) is 0. The van der Waals surface area contributed by atoms with E-state index in [4.69, 9.17) is 11.6 Å². The van der Waals surface area contributed by atoms with Gasteiger partial charge in [-0.2, -0.15) is 0 Å². The summed E-state index contributed by atoms with van der Waals surface area (Å²) in [6.07, 6.45) is 1.77. The zero-order valence-electron chi connectivity index (χ0n) is 13.6. The Labute approximate surface area is 147 Å². The van der Waals surface area contributed by atoms with Gasteiger partial charge in [-0.05, 0) is 25.5 Å². The van der Waals surface area contributed by atoms with Crippen LogP contribution in [0.5, 0.6) is 0 Å². The Balaban J connectivity index is 2.38. The highest BCUT2D eigenvalue weighted by atomic mass is 35.5. The number of rotatable bonds is 9. The molecule has 0 aliphatic rings. The number of thioether (sulfide) groups is 1. The standard InChI is InChI=1S/C15H23ClN2O3S2/c1-4-18(23(3,20)21)11-7-10-17-15(19)12(2)22-14-9-6-5-8-13(14)16/h5-6,8-9,12H,4,7,10-11H2,1-3H3,(H,17,19). The van der Waals surface area contributed by atoms with Crippen LogP contribution in [0.4, 0.5) is 0 Å². The van der Waals surface area contributed by atoms with Gasteiger partial charge in [0.25, 0.3) is 0 Å². The van der Waals surface area contributed by atoms with Crippen LogP contribution in [0.3, 0.4) is 0 Å². The van der Waals surface area contributed by atoms with Crippen molar-refractivity contribution in [2.45, 2.75) is 30.4 Å². The minimum Gasteiger partial charge on any atom is -0.355 e. The molecule has 0 heterocycles. The zero-order chi connectivity index (χ0) is 17.5. The number of nitrogens with one attached hydrogen (secondary N) is 1. The van der Waals surface area contributed by atoms with Crippen LogP contribution in [-0.4, -0.2) is 49.8 Å². The minimum absolute atomic E-state index is 0.0858. The fourth-order valence-corrected chi connectivity index (χ4v) is 4.06. The molecule has 23 heavy (non-hydrogen) atoms. The van der Waals surface area contributed by atoms with E-state index in [-0.39, 0.29) is 11.2 Å². The molecule has 0 fully saturated rings. The SMILES string of the molecule is CCN(CCCNC(=O)C(C)Sc1ccccc1Cl)S(C)(=O)=O. The van der Waals surface area contributed by atoms with Crippen molar-refractivity contribution in [3.05, 3.63) is 29.3 Å². The lowest BCUT2D eigenvalue weighted by atomic mass is 10.3. The highest BCUT2D eigenvalue weighted by Crippen LogP contribution is 2.29. The molecule has 130 valence electrons. The first kappa shape index (κ1) is 20.3. The maximum absolute atomic E-state index is 12.1. The average molecular weight is 379 g/mol. The van der Waals surface area contributed by atoms with Crippen molar-refractivity contribution < 1.29 is 13.2 Å². The molecule has 1 aromatic rings. The Morgan fingerprint density at radius 1 is 1.39 bits per heavy atom. The monoisotopic (exact) mass is 378 g/mol. The molecule has 0 radical (unpaired) electrons. The van der Waals surface area contributed by atoms with Crippen LogP contribution in [0.15, 0.2) is 29.2 Å². The van der Waals surface area contributed by atoms with Crippen molar-refractivity contribution in [3.8, 4) is 0 Å². The van der Waals surface area contributed by atoms with Gasteiger partial charge in [0.1, 0.15) is 0 Å². The van der Waals surface area contributed by atoms with Gasteiger partial charge in [0.15, 0.2) is 0 Å². The van der Waals surface area contributed by atoms with Gasteiger partial charge in [0.2, 0.25) is 15.9 Å². The van der Waals surface area contributed by atoms with E-state index in [0.717, 1.165) is 4.90 Å². The number of hydrogen-bond donors (Lipinski definition) is 1. The van der Waals surface area contributed by atoms with Gasteiger partial charge >= 0.3 is 0 Å². The summed E-state index contributed by atoms with van der Waals surface area (Å²) < 4.78 is 24.3. The van der Waals surface area contributed by atoms with Crippen molar-refractivity contribution in [2.75, 3.05) is 25.9 Å². The average Bonchev–Trinajstić information content (AvgIpc) is 2.47. The highest BCUT2D eigenvalue weighted by molar-refractivity contribution is 8.00. The molecule has 1 atom stereocenters. The second-order valence-corrected chi connectivity index (χ2v) is 8.86. The molecule has 0 saturated heterocycles. The van der Waals surface area contributed by atoms with E-state index in [1.807, 2.05) is 25.1 Å². The zero-order valence-corrected chi connectivity index (χ0v) is 16.0. The number of carbonyl (C=O) groups is 1. The molecule has 5 nitrogen and oxygen atoms in total. The van der Waals surface area contributed by atoms with Crippen LogP contribution in [0.25, 0.3) is 0 Å². The quantitative estimate of drug-likeness (QED) is 0.529. The third-order valence-electron chi connectivity index (χ3n) is 3.21. The lowest BCUT2D eigenvalue weighted by Crippen LogP contribution is -2.35. The lowest BCUT2D eigenvalue weighted by Gasteiger charge is -2.18. The van der Waals surface area contributed by atoms with Crippen molar-refractivity contribution in [3.63, 3.8) is 0 Å². The molecule has 0 saturated carbocycles. The van der Waals surface area contributed by atoms with Crippen LogP contribution in [0.1, 0.15) is 20.3 Å². The first-order valence-electron chi connectivity index (χ1n) is 7.39. The Hall–Kier alpha value is -0.760. The summed E-state index contributed by atoms with van der Waals surface area (Å²) in [6.45, 7) is 4.89. The highest BCUT2D eigenvalue weighted by Gasteiger charge is 2.16. The van der Waals surface area contributed by atoms with E-state index in [9.17, 15) is 13.2 Å². The van der Waals surface area contributed by atoms with Crippen LogP contribution in [0.2, 0.25) is 5.02 Å². The third-order valence-corrected chi connectivity index (χ3v) is 6.21. The van der Waals surface area contributed by atoms with E-state index in [1.165, 1.54) is 22.3 Å². The molecule has 0 aromatic heterocycles. The van der Waals surface area contributed by atoms with E-state index in [1.54, 1.807) is 13.0 Å². The summed E-state index contributed by atoms with van der Waals surface area (Å²) in [5.74, 6) is -0.0858. The fourth-order valence-electron chi connectivity index (χ4n) is 1.95. The molecule has 1 unspecified atom stereocenters. The Morgan fingerprint density at radius 3 is 2.61 bits per heavy atom. The summed E-state index contributed by atoms with van der Waals surface area (Å²) in [7, 11) is -3.18. The van der Waals surface area contributed by atoms with E-state index >= 15 is 0 Å². The number of benzene rings is 1. The topological polar surface area (TPSA) is 66.5 Å². The lowest BCUT2D eigenvalue weighted by molar-refractivity contribution is -0.120. The molecule has 0 aliphatic heterocycles. The van der Waals surface area contributed by atoms with Crippen molar-refractivity contribution in [1.82, 2.24) is 9.62 Å². The molecule has 0 spiro atoms. The van der Waals surface area contributed by atoms with Gasteiger partial charge in [0, 0.05) is 24.5 Å². The molecule has 1 rings (SSSR count). The summed E-state index contributed by atoms with van der Waals surface area (Å²) in [6, 6.07) is 7.39. The first-order valence-corrected chi connectivity index (χ1v) is 10.5. The molecule has 1 amide bonds. The van der Waals surface area contributed by atoms with Gasteiger partial charge in [-0.1, -0.05) is 30.7 Å². The molecular weight excluding hydrogens is 356 g/mol. The number of nitrogens with zero attached hydrogens (tertiary/aromatic N) is 1. The van der Waals surface area contributed by atoms with Gasteiger partial charge in [-0.25, -0.2) is 12.7 Å². The van der Waals surface area contributed by atoms with E-state index in [2.05, 4.69) is 5.32 Å². The molecule has 0 bridgehead atoms. The van der Waals surface area contributed by atoms with Crippen molar-refractivity contribution >= 4 is 39.3 Å². The number of hydrogen-bond acceptors (Lipinski definition) is 4. The predicted octanol–water partition coefficient (Wildman–Crippen LogP) is 2.61. The molecule has 1 N–H and O–H groups in total. The van der Waals surface area contributed by atoms with E-state index in [0.29, 0.717) is 31.1 Å². The number of amides is 1. The summed E-state index contributed by atoms with van der Waals surface area (Å²) in [5, 5.41) is 3.19. The van der Waals surface area contributed by atoms with Crippen LogP contribution >= 0.6 is 23.4 Å². The number of carbonyl (C=O) groups excluding carboxylic acids is 1. The Bertz CT molecular complexity index is 623. The first-order chi connectivity index (χ1) is 10.8. The van der Waals surface area contributed by atoms with E-state index < -0.39 is 10.0 Å². The van der Waals surface area contributed by atoms with Crippen LogP contribution < -0.4 is 5.32 Å². The van der Waals surface area contributed by atoms with Crippen LogP contribution in [0, 0.1) is 0 Å². The molecular formula is C15H23ClN2O3S2. The second kappa shape index (κ2) is 9.52. The molecule has 1 aromatic carbocycles. The van der Waals surface area contributed by atoms with Crippen molar-refractivity contribution in [1.29, 1.82) is 0 Å². The maximum Gasteiger partial charge on any atom is 0.233 e.